The summed E-state index contributed by atoms with van der Waals surface area (Å²) in [7, 11) is 0. The van der Waals surface area contributed by atoms with E-state index >= 15 is 0 Å². The van der Waals surface area contributed by atoms with Crippen molar-refractivity contribution in [2.75, 3.05) is 5.73 Å². The molecule has 0 saturated carbocycles. The van der Waals surface area contributed by atoms with Crippen LogP contribution in [0.2, 0.25) is 0 Å². The number of nitriles is 1. The normalized spacial score (nSPS) is 10.8. The topological polar surface area (TPSA) is 62.7 Å². The third-order valence-electron chi connectivity index (χ3n) is 2.00. The van der Waals surface area contributed by atoms with E-state index in [9.17, 15) is 0 Å². The predicted molar refractivity (Wildman–Crippen MR) is 51.9 cm³/mol. The number of hydrogen-bond acceptors (Lipinski definition) is 3. The van der Waals surface area contributed by atoms with Crippen molar-refractivity contribution in [3.63, 3.8) is 0 Å². The third-order valence-corrected chi connectivity index (χ3v) is 2.00. The fourth-order valence-corrected chi connectivity index (χ4v) is 1.09. The van der Waals surface area contributed by atoms with Gasteiger partial charge in [-0.3, -0.25) is 4.98 Å². The van der Waals surface area contributed by atoms with E-state index in [1.54, 1.807) is 6.20 Å². The minimum absolute atomic E-state index is 0.192. The Hall–Kier alpha value is -1.56. The van der Waals surface area contributed by atoms with Crippen molar-refractivity contribution in [2.45, 2.75) is 25.7 Å². The van der Waals surface area contributed by atoms with Crippen LogP contribution in [0.25, 0.3) is 0 Å². The molecule has 3 nitrogen and oxygen atoms in total. The van der Waals surface area contributed by atoms with Crippen LogP contribution in [-0.4, -0.2) is 4.98 Å². The summed E-state index contributed by atoms with van der Waals surface area (Å²) in [5.41, 5.74) is 6.88. The van der Waals surface area contributed by atoms with Crippen molar-refractivity contribution < 1.29 is 0 Å². The molecule has 0 aliphatic heterocycles. The molecule has 0 saturated heterocycles. The molecule has 0 fully saturated rings. The van der Waals surface area contributed by atoms with Crippen LogP contribution in [-0.2, 0) is 5.41 Å². The standard InChI is InChI=1S/C10H13N3/c1-10(2,5-6-11)9-4-3-8(12)7-13-9/h3-4,7H,5,12H2,1-2H3. The van der Waals surface area contributed by atoms with Crippen molar-refractivity contribution in [1.82, 2.24) is 4.98 Å². The largest absolute Gasteiger partial charge is 0.397 e. The molecule has 2 N–H and O–H groups in total. The number of pyridine rings is 1. The second-order valence-corrected chi connectivity index (χ2v) is 3.70. The summed E-state index contributed by atoms with van der Waals surface area (Å²) < 4.78 is 0. The highest BCUT2D eigenvalue weighted by molar-refractivity contribution is 5.36. The Morgan fingerprint density at radius 2 is 2.23 bits per heavy atom. The molecule has 1 aromatic rings. The summed E-state index contributed by atoms with van der Waals surface area (Å²) in [6.45, 7) is 3.99. The molecule has 0 unspecified atom stereocenters. The molecule has 0 aliphatic carbocycles. The van der Waals surface area contributed by atoms with E-state index in [-0.39, 0.29) is 5.41 Å². The van der Waals surface area contributed by atoms with Crippen LogP contribution in [0, 0.1) is 11.3 Å². The number of aromatic nitrogens is 1. The molecule has 0 aliphatic rings. The molecule has 0 atom stereocenters. The minimum Gasteiger partial charge on any atom is -0.397 e. The Bertz CT molecular complexity index is 319. The van der Waals surface area contributed by atoms with Crippen molar-refractivity contribution >= 4 is 5.69 Å². The van der Waals surface area contributed by atoms with Gasteiger partial charge >= 0.3 is 0 Å². The van der Waals surface area contributed by atoms with Gasteiger partial charge < -0.3 is 5.73 Å². The third kappa shape index (κ3) is 2.19. The SMILES string of the molecule is CC(C)(CC#N)c1ccc(N)cn1. The fraction of sp³-hybridized carbons (Fsp3) is 0.400. The molecule has 13 heavy (non-hydrogen) atoms. The second-order valence-electron chi connectivity index (χ2n) is 3.70. The van der Waals surface area contributed by atoms with Crippen LogP contribution < -0.4 is 5.73 Å². The summed E-state index contributed by atoms with van der Waals surface area (Å²) in [5.74, 6) is 0. The first-order valence-corrected chi connectivity index (χ1v) is 4.15. The van der Waals surface area contributed by atoms with E-state index in [1.807, 2.05) is 26.0 Å². The first kappa shape index (κ1) is 9.53. The molecule has 3 heteroatoms. The van der Waals surface area contributed by atoms with Gasteiger partial charge in [-0.1, -0.05) is 13.8 Å². The Morgan fingerprint density at radius 3 is 2.69 bits per heavy atom. The number of nitrogens with two attached hydrogens (primary N) is 1. The molecule has 0 aromatic carbocycles. The fourth-order valence-electron chi connectivity index (χ4n) is 1.09. The molecule has 1 heterocycles. The number of rotatable bonds is 2. The lowest BCUT2D eigenvalue weighted by molar-refractivity contribution is 0.522. The molecular weight excluding hydrogens is 162 g/mol. The first-order chi connectivity index (χ1) is 6.06. The maximum absolute atomic E-state index is 8.62. The van der Waals surface area contributed by atoms with E-state index in [4.69, 9.17) is 11.0 Å². The zero-order chi connectivity index (χ0) is 9.90. The van der Waals surface area contributed by atoms with Gasteiger partial charge in [-0.25, -0.2) is 0 Å². The maximum atomic E-state index is 8.62. The molecule has 0 bridgehead atoms. The summed E-state index contributed by atoms with van der Waals surface area (Å²) >= 11 is 0. The second kappa shape index (κ2) is 3.44. The number of hydrogen-bond donors (Lipinski definition) is 1. The highest BCUT2D eigenvalue weighted by Crippen LogP contribution is 2.24. The highest BCUT2D eigenvalue weighted by Gasteiger charge is 2.21. The average molecular weight is 175 g/mol. The lowest BCUT2D eigenvalue weighted by atomic mass is 9.86. The van der Waals surface area contributed by atoms with E-state index in [2.05, 4.69) is 11.1 Å². The van der Waals surface area contributed by atoms with Crippen molar-refractivity contribution in [3.05, 3.63) is 24.0 Å². The van der Waals surface area contributed by atoms with Gasteiger partial charge in [0.15, 0.2) is 0 Å². The van der Waals surface area contributed by atoms with Gasteiger partial charge in [0.05, 0.1) is 18.0 Å². The van der Waals surface area contributed by atoms with Gasteiger partial charge in [0.25, 0.3) is 0 Å². The van der Waals surface area contributed by atoms with Gasteiger partial charge in [-0.15, -0.1) is 0 Å². The van der Waals surface area contributed by atoms with Gasteiger partial charge in [-0.2, -0.15) is 5.26 Å². The lowest BCUT2D eigenvalue weighted by Gasteiger charge is -2.20. The molecule has 68 valence electrons. The van der Waals surface area contributed by atoms with Crippen LogP contribution >= 0.6 is 0 Å². The molecule has 0 amide bonds. The first-order valence-electron chi connectivity index (χ1n) is 4.15. The summed E-state index contributed by atoms with van der Waals surface area (Å²) in [4.78, 5) is 4.19. The molecule has 1 aromatic heterocycles. The zero-order valence-electron chi connectivity index (χ0n) is 7.91. The van der Waals surface area contributed by atoms with Crippen LogP contribution in [0.15, 0.2) is 18.3 Å². The van der Waals surface area contributed by atoms with E-state index in [0.717, 1.165) is 5.69 Å². The van der Waals surface area contributed by atoms with Crippen LogP contribution in [0.5, 0.6) is 0 Å². The minimum atomic E-state index is -0.192. The van der Waals surface area contributed by atoms with E-state index in [0.29, 0.717) is 12.1 Å². The summed E-state index contributed by atoms with van der Waals surface area (Å²) in [6.07, 6.45) is 2.08. The Labute approximate surface area is 78.2 Å². The van der Waals surface area contributed by atoms with Gasteiger partial charge in [-0.05, 0) is 12.1 Å². The number of nitrogen functional groups attached to an aromatic ring is 1. The van der Waals surface area contributed by atoms with Crippen LogP contribution in [0.4, 0.5) is 5.69 Å². The van der Waals surface area contributed by atoms with Crippen molar-refractivity contribution in [1.29, 1.82) is 5.26 Å². The molecular formula is C10H13N3. The molecule has 1 rings (SSSR count). The quantitative estimate of drug-likeness (QED) is 0.746. The van der Waals surface area contributed by atoms with Gasteiger partial charge in [0.2, 0.25) is 0 Å². The van der Waals surface area contributed by atoms with Gasteiger partial charge in [0, 0.05) is 17.5 Å². The van der Waals surface area contributed by atoms with Crippen LogP contribution in [0.3, 0.4) is 0 Å². The van der Waals surface area contributed by atoms with Crippen molar-refractivity contribution in [2.24, 2.45) is 0 Å². The monoisotopic (exact) mass is 175 g/mol. The summed E-state index contributed by atoms with van der Waals surface area (Å²) in [6, 6.07) is 5.82. The van der Waals surface area contributed by atoms with Gasteiger partial charge in [0.1, 0.15) is 0 Å². The van der Waals surface area contributed by atoms with Crippen LogP contribution in [0.1, 0.15) is 26.0 Å². The Balaban J connectivity index is 2.95. The highest BCUT2D eigenvalue weighted by atomic mass is 14.7. The molecule has 0 radical (unpaired) electrons. The molecule has 0 spiro atoms. The summed E-state index contributed by atoms with van der Waals surface area (Å²) in [5, 5.41) is 8.62. The van der Waals surface area contributed by atoms with E-state index < -0.39 is 0 Å². The predicted octanol–water partition coefficient (Wildman–Crippen LogP) is 1.86. The van der Waals surface area contributed by atoms with E-state index in [1.165, 1.54) is 0 Å². The number of nitrogens with zero attached hydrogens (tertiary/aromatic N) is 2. The zero-order valence-corrected chi connectivity index (χ0v) is 7.91. The Morgan fingerprint density at radius 1 is 1.54 bits per heavy atom. The lowest BCUT2D eigenvalue weighted by Crippen LogP contribution is -2.17. The maximum Gasteiger partial charge on any atom is 0.0631 e. The number of anilines is 1. The van der Waals surface area contributed by atoms with Crippen molar-refractivity contribution in [3.8, 4) is 6.07 Å². The average Bonchev–Trinajstić information content (AvgIpc) is 2.05. The smallest absolute Gasteiger partial charge is 0.0631 e. The Kier molecular flexibility index (Phi) is 2.52.